The Morgan fingerprint density at radius 3 is 2.52 bits per heavy atom. The Labute approximate surface area is 172 Å². The van der Waals surface area contributed by atoms with E-state index >= 15 is 0 Å². The van der Waals surface area contributed by atoms with Crippen molar-refractivity contribution in [3.05, 3.63) is 64.1 Å². The molecule has 0 spiro atoms. The summed E-state index contributed by atoms with van der Waals surface area (Å²) >= 11 is 11.3. The lowest BCUT2D eigenvalue weighted by Gasteiger charge is -2.42. The Hall–Kier alpha value is -0.860. The van der Waals surface area contributed by atoms with Crippen LogP contribution in [-0.2, 0) is 14.2 Å². The van der Waals surface area contributed by atoms with E-state index in [2.05, 4.69) is 0 Å². The molecule has 4 unspecified atom stereocenters. The van der Waals surface area contributed by atoms with Gasteiger partial charge < -0.3 is 19.9 Å². The summed E-state index contributed by atoms with van der Waals surface area (Å²) in [4.78, 5) is 0.467. The number of hydrogen-bond acceptors (Lipinski definition) is 5. The molecule has 2 saturated heterocycles. The van der Waals surface area contributed by atoms with Gasteiger partial charge in [-0.3, -0.25) is 0 Å². The largest absolute Gasteiger partial charge is 0.373 e. The number of hydrogen-bond donors (Lipinski definition) is 1. The maximum absolute atomic E-state index is 11.9. The Morgan fingerprint density at radius 1 is 1.04 bits per heavy atom. The fourth-order valence-corrected chi connectivity index (χ4v) is 3.54. The molecule has 2 aromatic carbocycles. The molecule has 2 N–H and O–H groups in total. The van der Waals surface area contributed by atoms with Crippen LogP contribution >= 0.6 is 35.3 Å². The van der Waals surface area contributed by atoms with Gasteiger partial charge in [-0.1, -0.05) is 53.5 Å². The molecule has 4 nitrogen and oxygen atoms in total. The van der Waals surface area contributed by atoms with Crippen molar-refractivity contribution in [2.24, 2.45) is 5.73 Å². The molecule has 2 aliphatic heterocycles. The Kier molecular flexibility index (Phi) is 7.78. The normalized spacial score (nSPS) is 27.3. The minimum absolute atomic E-state index is 0.0151. The maximum Gasteiger partial charge on any atom is 0.184 e. The van der Waals surface area contributed by atoms with Crippen molar-refractivity contribution in [2.75, 3.05) is 13.2 Å². The van der Waals surface area contributed by atoms with E-state index in [-0.39, 0.29) is 36.7 Å². The van der Waals surface area contributed by atoms with Crippen molar-refractivity contribution in [3.8, 4) is 0 Å². The Balaban J connectivity index is 0.000000180. The number of nitrogens with two attached hydrogens (primary N) is 1. The lowest BCUT2D eigenvalue weighted by atomic mass is 9.99. The molecule has 4 atom stereocenters. The molecule has 8 heteroatoms. The van der Waals surface area contributed by atoms with Crippen molar-refractivity contribution in [2.45, 2.75) is 35.9 Å². The number of rotatable bonds is 2. The van der Waals surface area contributed by atoms with Crippen LogP contribution in [0.4, 0.5) is 3.89 Å². The van der Waals surface area contributed by atoms with Crippen molar-refractivity contribution in [1.29, 1.82) is 0 Å². The van der Waals surface area contributed by atoms with E-state index in [0.29, 0.717) is 28.2 Å². The highest BCUT2D eigenvalue weighted by atomic mass is 35.5. The lowest BCUT2D eigenvalue weighted by molar-refractivity contribution is -0.281. The first-order valence-corrected chi connectivity index (χ1v) is 9.98. The predicted octanol–water partition coefficient (Wildman–Crippen LogP) is 5.19. The number of halogens is 3. The highest BCUT2D eigenvalue weighted by molar-refractivity contribution is 7.94. The fourth-order valence-electron chi connectivity index (χ4n) is 2.90. The third-order valence-corrected chi connectivity index (χ3v) is 5.49. The summed E-state index contributed by atoms with van der Waals surface area (Å²) in [5, 5.41) is 0.823. The van der Waals surface area contributed by atoms with Crippen LogP contribution in [0.15, 0.2) is 53.4 Å². The van der Waals surface area contributed by atoms with Crippen LogP contribution in [0.25, 0.3) is 0 Å². The van der Waals surface area contributed by atoms with E-state index in [1.54, 1.807) is 12.1 Å². The fraction of sp³-hybridized carbons (Fsp3) is 0.368. The minimum Gasteiger partial charge on any atom is -0.373 e. The zero-order chi connectivity index (χ0) is 19.2. The first-order valence-electron chi connectivity index (χ1n) is 8.51. The summed E-state index contributed by atoms with van der Waals surface area (Å²) in [7, 11) is 0. The molecule has 27 heavy (non-hydrogen) atoms. The molecule has 2 fully saturated rings. The molecule has 0 saturated carbocycles. The average Bonchev–Trinajstić information content (AvgIpc) is 2.71. The van der Waals surface area contributed by atoms with E-state index in [0.717, 1.165) is 12.0 Å². The molecule has 0 bridgehead atoms. The molecule has 146 valence electrons. The highest BCUT2D eigenvalue weighted by Crippen LogP contribution is 2.31. The quantitative estimate of drug-likeness (QED) is 0.708. The summed E-state index contributed by atoms with van der Waals surface area (Å²) in [5.74, 6) is 0. The Bertz CT molecular complexity index is 740. The van der Waals surface area contributed by atoms with Gasteiger partial charge in [0, 0.05) is 23.1 Å². The van der Waals surface area contributed by atoms with E-state index in [1.165, 1.54) is 6.07 Å². The van der Waals surface area contributed by atoms with Crippen LogP contribution in [-0.4, -0.2) is 31.5 Å². The maximum atomic E-state index is 11.9. The third-order valence-electron chi connectivity index (χ3n) is 4.32. The SMILES string of the molecule is FSc1ccc(Cl)c(Cl)c1.NC1CCOC2COC(c3ccccc3)OC12. The van der Waals surface area contributed by atoms with Gasteiger partial charge in [0.2, 0.25) is 0 Å². The number of benzene rings is 2. The first-order chi connectivity index (χ1) is 13.1. The van der Waals surface area contributed by atoms with Crippen molar-refractivity contribution >= 4 is 35.3 Å². The second-order valence-electron chi connectivity index (χ2n) is 6.19. The smallest absolute Gasteiger partial charge is 0.184 e. The predicted molar refractivity (Wildman–Crippen MR) is 106 cm³/mol. The molecule has 0 radical (unpaired) electrons. The van der Waals surface area contributed by atoms with E-state index < -0.39 is 0 Å². The van der Waals surface area contributed by atoms with Crippen LogP contribution < -0.4 is 5.73 Å². The molecule has 0 aromatic heterocycles. The van der Waals surface area contributed by atoms with Gasteiger partial charge in [-0.25, -0.2) is 0 Å². The lowest BCUT2D eigenvalue weighted by Crippen LogP contribution is -2.55. The molecule has 4 rings (SSSR count). The van der Waals surface area contributed by atoms with Gasteiger partial charge >= 0.3 is 0 Å². The molecule has 2 heterocycles. The first kappa shape index (κ1) is 20.9. The van der Waals surface area contributed by atoms with Crippen LogP contribution in [0, 0.1) is 0 Å². The van der Waals surface area contributed by atoms with Crippen molar-refractivity contribution in [1.82, 2.24) is 0 Å². The molecule has 2 aliphatic rings. The summed E-state index contributed by atoms with van der Waals surface area (Å²) in [6.07, 6.45) is 0.467. The van der Waals surface area contributed by atoms with Gasteiger partial charge in [0.05, 0.1) is 28.8 Å². The van der Waals surface area contributed by atoms with Crippen molar-refractivity contribution < 1.29 is 18.1 Å². The van der Waals surface area contributed by atoms with Crippen LogP contribution in [0.3, 0.4) is 0 Å². The van der Waals surface area contributed by atoms with Crippen molar-refractivity contribution in [3.63, 3.8) is 0 Å². The van der Waals surface area contributed by atoms with Gasteiger partial charge in [-0.05, 0) is 24.6 Å². The second-order valence-corrected chi connectivity index (χ2v) is 7.63. The van der Waals surface area contributed by atoms with Crippen LogP contribution in [0.5, 0.6) is 0 Å². The topological polar surface area (TPSA) is 53.7 Å². The van der Waals surface area contributed by atoms with Gasteiger partial charge in [0.15, 0.2) is 6.29 Å². The monoisotopic (exact) mass is 431 g/mol. The minimum atomic E-state index is -0.315. The average molecular weight is 432 g/mol. The van der Waals surface area contributed by atoms with Crippen LogP contribution in [0.1, 0.15) is 18.3 Å². The van der Waals surface area contributed by atoms with E-state index in [4.69, 9.17) is 43.1 Å². The zero-order valence-corrected chi connectivity index (χ0v) is 16.7. The van der Waals surface area contributed by atoms with Gasteiger partial charge in [-0.15, -0.1) is 0 Å². The molecular weight excluding hydrogens is 412 g/mol. The van der Waals surface area contributed by atoms with Gasteiger partial charge in [0.1, 0.15) is 12.2 Å². The van der Waals surface area contributed by atoms with Gasteiger partial charge in [0.25, 0.3) is 0 Å². The highest BCUT2D eigenvalue weighted by Gasteiger charge is 2.39. The Morgan fingerprint density at radius 2 is 1.81 bits per heavy atom. The van der Waals surface area contributed by atoms with E-state index in [9.17, 15) is 3.89 Å². The summed E-state index contributed by atoms with van der Waals surface area (Å²) in [5.41, 5.74) is 7.10. The van der Waals surface area contributed by atoms with E-state index in [1.807, 2.05) is 30.3 Å². The van der Waals surface area contributed by atoms with Gasteiger partial charge in [-0.2, -0.15) is 3.89 Å². The zero-order valence-electron chi connectivity index (χ0n) is 14.4. The molecule has 2 aromatic rings. The molecule has 0 aliphatic carbocycles. The third kappa shape index (κ3) is 5.57. The molecular formula is C19H20Cl2FNO3S. The second kappa shape index (κ2) is 10.1. The number of fused-ring (bicyclic) bond motifs is 1. The summed E-state index contributed by atoms with van der Waals surface area (Å²) in [6, 6.07) is 14.6. The standard InChI is InChI=1S/C13H17NO3.C6H3Cl2FS/c14-10-6-7-15-11-8-16-13(17-12(10)11)9-4-2-1-3-5-9;7-5-2-1-4(10-9)3-6(5)8/h1-5,10-13H,6-8,14H2;1-3H. The summed E-state index contributed by atoms with van der Waals surface area (Å²) < 4.78 is 29.1. The summed E-state index contributed by atoms with van der Waals surface area (Å²) in [6.45, 7) is 1.25. The molecule has 0 amide bonds. The van der Waals surface area contributed by atoms with Crippen LogP contribution in [0.2, 0.25) is 10.0 Å². The number of ether oxygens (including phenoxy) is 3.